The number of carboxylic acid groups (broad SMARTS) is 2. The molecule has 0 aliphatic rings. The third-order valence-corrected chi connectivity index (χ3v) is 6.47. The smallest absolute Gasteiger partial charge is 0.310 e. The highest BCUT2D eigenvalue weighted by atomic mass is 16.6. The van der Waals surface area contributed by atoms with Crippen LogP contribution in [0.4, 0.5) is 0 Å². The average Bonchev–Trinajstić information content (AvgIpc) is 2.94. The summed E-state index contributed by atoms with van der Waals surface area (Å²) in [6.45, 7) is 2.01. The first-order chi connectivity index (χ1) is 19.5. The summed E-state index contributed by atoms with van der Waals surface area (Å²) >= 11 is 0. The first-order valence-electron chi connectivity index (χ1n) is 13.1. The Morgan fingerprint density at radius 1 is 0.829 bits per heavy atom. The number of aliphatic hydroxyl groups is 1. The molecule has 0 radical (unpaired) electrons. The van der Waals surface area contributed by atoms with Gasteiger partial charge in [0, 0.05) is 12.4 Å². The van der Waals surface area contributed by atoms with Crippen molar-refractivity contribution in [3.63, 3.8) is 0 Å². The van der Waals surface area contributed by atoms with E-state index in [1.165, 1.54) is 10.5 Å². The van der Waals surface area contributed by atoms with Crippen LogP contribution in [0.2, 0.25) is 0 Å². The van der Waals surface area contributed by atoms with Crippen LogP contribution < -0.4 is 14.9 Å². The van der Waals surface area contributed by atoms with E-state index < -0.39 is 42.6 Å². The fourth-order valence-corrected chi connectivity index (χ4v) is 4.34. The van der Waals surface area contributed by atoms with E-state index >= 15 is 0 Å². The quantitative estimate of drug-likeness (QED) is 0.178. The zero-order valence-corrected chi connectivity index (χ0v) is 23.2. The topological polar surface area (TPSA) is 139 Å². The summed E-state index contributed by atoms with van der Waals surface area (Å²) in [5.41, 5.74) is 2.55. The fourth-order valence-electron chi connectivity index (χ4n) is 4.34. The van der Waals surface area contributed by atoms with E-state index in [0.29, 0.717) is 5.75 Å². The first kappa shape index (κ1) is 31.1. The largest absolute Gasteiger partial charge is 0.550 e. The van der Waals surface area contributed by atoms with E-state index in [4.69, 9.17) is 9.47 Å². The highest BCUT2D eigenvalue weighted by molar-refractivity contribution is 5.98. The minimum atomic E-state index is -2.95. The fraction of sp³-hybridized carbons (Fsp3) is 0.281. The summed E-state index contributed by atoms with van der Waals surface area (Å²) in [6.07, 6.45) is -2.58. The van der Waals surface area contributed by atoms with Crippen molar-refractivity contribution in [2.45, 2.75) is 38.0 Å². The molecular weight excluding hydrogens is 526 g/mol. The Balaban J connectivity index is 1.78. The van der Waals surface area contributed by atoms with Crippen LogP contribution in [0.3, 0.4) is 0 Å². The van der Waals surface area contributed by atoms with E-state index in [1.54, 1.807) is 26.2 Å². The first-order valence-corrected chi connectivity index (χ1v) is 13.1. The van der Waals surface area contributed by atoms with Crippen LogP contribution in [0, 0.1) is 0 Å². The van der Waals surface area contributed by atoms with Gasteiger partial charge in [-0.25, -0.2) is 0 Å². The maximum atomic E-state index is 12.4. The van der Waals surface area contributed by atoms with Crippen LogP contribution in [0.25, 0.3) is 11.1 Å². The monoisotopic (exact) mass is 559 g/mol. The molecule has 0 aliphatic carbocycles. The summed E-state index contributed by atoms with van der Waals surface area (Å²) in [5, 5.41) is 32.1. The van der Waals surface area contributed by atoms with Gasteiger partial charge in [0.25, 0.3) is 0 Å². The van der Waals surface area contributed by atoms with Crippen LogP contribution in [0.15, 0.2) is 84.9 Å². The highest BCUT2D eigenvalue weighted by Crippen LogP contribution is 2.35. The Kier molecular flexibility index (Phi) is 10.8. The molecule has 0 spiro atoms. The van der Waals surface area contributed by atoms with E-state index in [2.05, 4.69) is 31.2 Å². The number of carbonyl (C=O) groups is 3. The van der Waals surface area contributed by atoms with Gasteiger partial charge in [-0.1, -0.05) is 79.7 Å². The van der Waals surface area contributed by atoms with Crippen LogP contribution in [0.5, 0.6) is 5.75 Å². The summed E-state index contributed by atoms with van der Waals surface area (Å²) in [7, 11) is 3.23. The lowest BCUT2D eigenvalue weighted by atomic mass is 9.88. The normalized spacial score (nSPS) is 14.0. The second kappa shape index (κ2) is 14.2. The molecule has 1 N–H and O–H groups in total. The molecule has 0 fully saturated rings. The lowest BCUT2D eigenvalue weighted by Crippen LogP contribution is -2.53. The molecule has 0 bridgehead atoms. The molecular formula is C32H33NO8-2. The molecule has 2 atom stereocenters. The van der Waals surface area contributed by atoms with E-state index in [1.807, 2.05) is 48.5 Å². The van der Waals surface area contributed by atoms with Crippen molar-refractivity contribution in [3.05, 3.63) is 102 Å². The number of carboxylic acids is 2. The molecule has 3 aromatic carbocycles. The van der Waals surface area contributed by atoms with Crippen molar-refractivity contribution < 1.29 is 39.2 Å². The number of hydrogen-bond acceptors (Lipinski definition) is 9. The Labute approximate surface area is 239 Å². The number of likely N-dealkylation sites (N-methyl/N-ethyl adjacent to an activating group) is 1. The van der Waals surface area contributed by atoms with Gasteiger partial charge >= 0.3 is 5.97 Å². The van der Waals surface area contributed by atoms with Crippen molar-refractivity contribution in [2.24, 2.45) is 0 Å². The number of rotatable bonds is 14. The second-order valence-corrected chi connectivity index (χ2v) is 9.73. The highest BCUT2D eigenvalue weighted by Gasteiger charge is 2.34. The minimum Gasteiger partial charge on any atom is -0.550 e. The Morgan fingerprint density at radius 3 is 1.85 bits per heavy atom. The van der Waals surface area contributed by atoms with Crippen LogP contribution in [-0.4, -0.2) is 60.4 Å². The third-order valence-electron chi connectivity index (χ3n) is 6.47. The summed E-state index contributed by atoms with van der Waals surface area (Å²) < 4.78 is 11.1. The lowest BCUT2D eigenvalue weighted by molar-refractivity contribution is -0.333. The maximum Gasteiger partial charge on any atom is 0.310 e. The number of ether oxygens (including phenoxy) is 2. The molecule has 0 saturated heterocycles. The second-order valence-electron chi connectivity index (χ2n) is 9.73. The molecule has 3 aromatic rings. The SMILES string of the molecule is CC/C(=C(\c1ccccc1)c1ccc(OCC(OC(=O)CC(O)(CC(=O)[O-])C(=O)[O-])N(C)C)cc1)c1ccccc1. The zero-order valence-electron chi connectivity index (χ0n) is 23.2. The summed E-state index contributed by atoms with van der Waals surface area (Å²) in [5.74, 6) is -4.59. The van der Waals surface area contributed by atoms with E-state index in [0.717, 1.165) is 28.7 Å². The Hall–Kier alpha value is -4.47. The number of aliphatic carboxylic acids is 2. The molecule has 0 aromatic heterocycles. The average molecular weight is 560 g/mol. The molecule has 0 saturated carbocycles. The van der Waals surface area contributed by atoms with Crippen LogP contribution >= 0.6 is 0 Å². The van der Waals surface area contributed by atoms with E-state index in [-0.39, 0.29) is 6.61 Å². The molecule has 3 rings (SSSR count). The molecule has 9 nitrogen and oxygen atoms in total. The summed E-state index contributed by atoms with van der Waals surface area (Å²) in [6, 6.07) is 27.8. The number of hydrogen-bond donors (Lipinski definition) is 1. The number of carbonyl (C=O) groups excluding carboxylic acids is 3. The molecule has 2 unspecified atom stereocenters. The van der Waals surface area contributed by atoms with Gasteiger partial charge in [0.15, 0.2) is 6.23 Å². The predicted octanol–water partition coefficient (Wildman–Crippen LogP) is 1.88. The standard InChI is InChI=1S/C32H35NO8/c1-4-26(22-11-7-5-8-12-22)30(23-13-9-6-10-14-23)24-15-17-25(18-16-24)40-21-27(33(2)3)41-29(36)20-32(39,31(37)38)19-28(34)35/h5-18,27,39H,4,19-21H2,1-3H3,(H,34,35)(H,37,38)/p-2/b30-26-. The molecule has 0 amide bonds. The summed E-state index contributed by atoms with van der Waals surface area (Å²) in [4.78, 5) is 35.9. The Morgan fingerprint density at radius 2 is 1.37 bits per heavy atom. The van der Waals surface area contributed by atoms with Gasteiger partial charge in [0.2, 0.25) is 0 Å². The van der Waals surface area contributed by atoms with Gasteiger partial charge in [0.05, 0.1) is 12.4 Å². The third kappa shape index (κ3) is 8.51. The van der Waals surface area contributed by atoms with Crippen molar-refractivity contribution in [3.8, 4) is 5.75 Å². The van der Waals surface area contributed by atoms with Crippen molar-refractivity contribution in [2.75, 3.05) is 20.7 Å². The number of benzene rings is 3. The predicted molar refractivity (Wildman–Crippen MR) is 149 cm³/mol. The van der Waals surface area contributed by atoms with Crippen molar-refractivity contribution >= 4 is 29.1 Å². The van der Waals surface area contributed by atoms with Gasteiger partial charge < -0.3 is 34.4 Å². The van der Waals surface area contributed by atoms with Crippen LogP contribution in [-0.2, 0) is 19.1 Å². The Bertz CT molecular complexity index is 1350. The number of nitrogens with zero attached hydrogens (tertiary/aromatic N) is 1. The van der Waals surface area contributed by atoms with Gasteiger partial charge in [-0.3, -0.25) is 9.69 Å². The number of esters is 1. The van der Waals surface area contributed by atoms with Gasteiger partial charge in [-0.2, -0.15) is 0 Å². The van der Waals surface area contributed by atoms with Gasteiger partial charge in [0.1, 0.15) is 18.0 Å². The molecule has 216 valence electrons. The minimum absolute atomic E-state index is 0.117. The van der Waals surface area contributed by atoms with Crippen molar-refractivity contribution in [1.82, 2.24) is 4.90 Å². The van der Waals surface area contributed by atoms with E-state index in [9.17, 15) is 29.7 Å². The molecule has 0 heterocycles. The molecule has 9 heteroatoms. The lowest BCUT2D eigenvalue weighted by Gasteiger charge is -2.30. The van der Waals surface area contributed by atoms with Crippen molar-refractivity contribution in [1.29, 1.82) is 0 Å². The molecule has 0 aliphatic heterocycles. The van der Waals surface area contributed by atoms with Gasteiger partial charge in [-0.05, 0) is 60.5 Å². The van der Waals surface area contributed by atoms with Crippen LogP contribution in [0.1, 0.15) is 42.9 Å². The number of allylic oxidation sites excluding steroid dienone is 1. The maximum absolute atomic E-state index is 12.4. The van der Waals surface area contributed by atoms with Gasteiger partial charge in [-0.15, -0.1) is 0 Å². The zero-order chi connectivity index (χ0) is 30.0. The molecule has 41 heavy (non-hydrogen) atoms.